The van der Waals surface area contributed by atoms with Crippen LogP contribution in [0, 0.1) is 20.8 Å². The minimum Gasteiger partial charge on any atom is -0.460 e. The topological polar surface area (TPSA) is 65.2 Å². The summed E-state index contributed by atoms with van der Waals surface area (Å²) in [5.74, 6) is 0.394. The SMILES string of the molecule is Cc1nc(CC(=O)OCc2c(C)noc2C)cs1. The van der Waals surface area contributed by atoms with E-state index in [1.165, 1.54) is 11.3 Å². The maximum Gasteiger partial charge on any atom is 0.312 e. The smallest absolute Gasteiger partial charge is 0.312 e. The molecule has 2 aromatic heterocycles. The Hall–Kier alpha value is -1.69. The normalized spacial score (nSPS) is 10.6. The molecule has 0 unspecified atom stereocenters. The first-order valence-corrected chi connectivity index (χ1v) is 6.42. The molecule has 0 N–H and O–H groups in total. The molecule has 96 valence electrons. The summed E-state index contributed by atoms with van der Waals surface area (Å²) >= 11 is 1.52. The second-order valence-electron chi connectivity index (χ2n) is 4.00. The van der Waals surface area contributed by atoms with Gasteiger partial charge in [-0.05, 0) is 20.8 Å². The third kappa shape index (κ3) is 2.95. The summed E-state index contributed by atoms with van der Waals surface area (Å²) in [5, 5.41) is 6.62. The number of carbonyl (C=O) groups excluding carboxylic acids is 1. The number of aromatic nitrogens is 2. The number of aryl methyl sites for hydroxylation is 3. The van der Waals surface area contributed by atoms with Gasteiger partial charge in [-0.15, -0.1) is 11.3 Å². The van der Waals surface area contributed by atoms with Crippen LogP contribution in [0.4, 0.5) is 0 Å². The molecule has 0 bridgehead atoms. The molecule has 0 aliphatic carbocycles. The van der Waals surface area contributed by atoms with E-state index < -0.39 is 0 Å². The molecule has 0 aromatic carbocycles. The van der Waals surface area contributed by atoms with Gasteiger partial charge in [-0.3, -0.25) is 4.79 Å². The monoisotopic (exact) mass is 266 g/mol. The molecule has 0 aliphatic rings. The average Bonchev–Trinajstić information content (AvgIpc) is 2.84. The summed E-state index contributed by atoms with van der Waals surface area (Å²) in [6.07, 6.45) is 0.202. The fourth-order valence-electron chi connectivity index (χ4n) is 1.55. The van der Waals surface area contributed by atoms with Gasteiger partial charge in [0, 0.05) is 5.38 Å². The average molecular weight is 266 g/mol. The molecule has 2 rings (SSSR count). The van der Waals surface area contributed by atoms with Crippen LogP contribution >= 0.6 is 11.3 Å². The first-order valence-electron chi connectivity index (χ1n) is 5.54. The van der Waals surface area contributed by atoms with Crippen molar-refractivity contribution in [1.29, 1.82) is 0 Å². The van der Waals surface area contributed by atoms with Crippen molar-refractivity contribution in [3.63, 3.8) is 0 Å². The summed E-state index contributed by atoms with van der Waals surface area (Å²) < 4.78 is 10.2. The lowest BCUT2D eigenvalue weighted by Gasteiger charge is -2.02. The third-order valence-corrected chi connectivity index (χ3v) is 3.37. The summed E-state index contributed by atoms with van der Waals surface area (Å²) in [5.41, 5.74) is 2.34. The number of ether oxygens (including phenoxy) is 1. The number of hydrogen-bond acceptors (Lipinski definition) is 6. The van der Waals surface area contributed by atoms with E-state index >= 15 is 0 Å². The van der Waals surface area contributed by atoms with Gasteiger partial charge in [0.1, 0.15) is 12.4 Å². The second-order valence-corrected chi connectivity index (χ2v) is 5.06. The largest absolute Gasteiger partial charge is 0.460 e. The van der Waals surface area contributed by atoms with E-state index in [4.69, 9.17) is 9.26 Å². The highest BCUT2D eigenvalue weighted by molar-refractivity contribution is 7.09. The van der Waals surface area contributed by atoms with Crippen LogP contribution < -0.4 is 0 Å². The van der Waals surface area contributed by atoms with Crippen LogP contribution in [-0.4, -0.2) is 16.1 Å². The lowest BCUT2D eigenvalue weighted by Crippen LogP contribution is -2.09. The molecule has 0 fully saturated rings. The summed E-state index contributed by atoms with van der Waals surface area (Å²) in [4.78, 5) is 15.8. The van der Waals surface area contributed by atoms with E-state index in [-0.39, 0.29) is 19.0 Å². The van der Waals surface area contributed by atoms with Crippen LogP contribution in [0.1, 0.15) is 27.7 Å². The van der Waals surface area contributed by atoms with Gasteiger partial charge < -0.3 is 9.26 Å². The van der Waals surface area contributed by atoms with Crippen molar-refractivity contribution >= 4 is 17.3 Å². The van der Waals surface area contributed by atoms with Gasteiger partial charge in [0.2, 0.25) is 0 Å². The molecule has 5 nitrogen and oxygen atoms in total. The molecule has 0 aliphatic heterocycles. The van der Waals surface area contributed by atoms with Crippen molar-refractivity contribution in [2.24, 2.45) is 0 Å². The Bertz CT molecular complexity index is 540. The fourth-order valence-corrected chi connectivity index (χ4v) is 2.16. The third-order valence-electron chi connectivity index (χ3n) is 2.55. The standard InChI is InChI=1S/C12H14N2O3S/c1-7-11(8(2)17-14-7)5-16-12(15)4-10-6-18-9(3)13-10/h6H,4-5H2,1-3H3. The number of carbonyl (C=O) groups is 1. The highest BCUT2D eigenvalue weighted by Crippen LogP contribution is 2.14. The van der Waals surface area contributed by atoms with Crippen molar-refractivity contribution in [3.8, 4) is 0 Å². The zero-order chi connectivity index (χ0) is 13.1. The Labute approximate surface area is 109 Å². The maximum absolute atomic E-state index is 11.6. The molecule has 6 heteroatoms. The highest BCUT2D eigenvalue weighted by atomic mass is 32.1. The van der Waals surface area contributed by atoms with E-state index in [1.807, 2.05) is 19.2 Å². The van der Waals surface area contributed by atoms with Crippen LogP contribution in [0.2, 0.25) is 0 Å². The van der Waals surface area contributed by atoms with Crippen molar-refractivity contribution in [3.05, 3.63) is 33.1 Å². The molecule has 2 heterocycles. The number of hydrogen-bond donors (Lipinski definition) is 0. The van der Waals surface area contributed by atoms with E-state index in [0.717, 1.165) is 22.0 Å². The number of rotatable bonds is 4. The molecular formula is C12H14N2O3S. The Morgan fingerprint density at radius 3 is 2.78 bits per heavy atom. The predicted octanol–water partition coefficient (Wildman–Crippen LogP) is 2.34. The van der Waals surface area contributed by atoms with E-state index in [9.17, 15) is 4.79 Å². The molecule has 0 radical (unpaired) electrons. The number of thiazole rings is 1. The molecule has 18 heavy (non-hydrogen) atoms. The number of nitrogens with zero attached hydrogens (tertiary/aromatic N) is 2. The second kappa shape index (κ2) is 5.30. The van der Waals surface area contributed by atoms with E-state index in [2.05, 4.69) is 10.1 Å². The van der Waals surface area contributed by atoms with Crippen LogP contribution in [0.25, 0.3) is 0 Å². The Balaban J connectivity index is 1.89. The molecule has 0 saturated heterocycles. The Morgan fingerprint density at radius 2 is 2.22 bits per heavy atom. The van der Waals surface area contributed by atoms with Crippen molar-refractivity contribution < 1.29 is 14.1 Å². The summed E-state index contributed by atoms with van der Waals surface area (Å²) in [7, 11) is 0. The first-order chi connectivity index (χ1) is 8.56. The summed E-state index contributed by atoms with van der Waals surface area (Å²) in [6.45, 7) is 5.73. The van der Waals surface area contributed by atoms with Crippen molar-refractivity contribution in [1.82, 2.24) is 10.1 Å². The highest BCUT2D eigenvalue weighted by Gasteiger charge is 2.13. The molecule has 0 spiro atoms. The molecule has 0 atom stereocenters. The lowest BCUT2D eigenvalue weighted by atomic mass is 10.2. The van der Waals surface area contributed by atoms with Crippen LogP contribution in [0.5, 0.6) is 0 Å². The Morgan fingerprint density at radius 1 is 1.44 bits per heavy atom. The fraction of sp³-hybridized carbons (Fsp3) is 0.417. The maximum atomic E-state index is 11.6. The van der Waals surface area contributed by atoms with Gasteiger partial charge >= 0.3 is 5.97 Å². The van der Waals surface area contributed by atoms with Gasteiger partial charge in [0.25, 0.3) is 0 Å². The van der Waals surface area contributed by atoms with Gasteiger partial charge in [0.05, 0.1) is 28.4 Å². The van der Waals surface area contributed by atoms with Crippen molar-refractivity contribution in [2.75, 3.05) is 0 Å². The zero-order valence-electron chi connectivity index (χ0n) is 10.5. The molecule has 0 saturated carbocycles. The minimum atomic E-state index is -0.291. The Kier molecular flexibility index (Phi) is 3.76. The first kappa shape index (κ1) is 12.8. The van der Waals surface area contributed by atoms with Crippen LogP contribution in [0.15, 0.2) is 9.90 Å². The van der Waals surface area contributed by atoms with E-state index in [1.54, 1.807) is 6.92 Å². The molecule has 2 aromatic rings. The quantitative estimate of drug-likeness (QED) is 0.795. The van der Waals surface area contributed by atoms with Crippen molar-refractivity contribution in [2.45, 2.75) is 33.8 Å². The van der Waals surface area contributed by atoms with Gasteiger partial charge in [-0.25, -0.2) is 4.98 Å². The summed E-state index contributed by atoms with van der Waals surface area (Å²) in [6, 6.07) is 0. The van der Waals surface area contributed by atoms with E-state index in [0.29, 0.717) is 5.76 Å². The number of esters is 1. The van der Waals surface area contributed by atoms with Gasteiger partial charge in [-0.1, -0.05) is 5.16 Å². The van der Waals surface area contributed by atoms with Gasteiger partial charge in [0.15, 0.2) is 0 Å². The van der Waals surface area contributed by atoms with Gasteiger partial charge in [-0.2, -0.15) is 0 Å². The lowest BCUT2D eigenvalue weighted by molar-refractivity contribution is -0.144. The predicted molar refractivity (Wildman–Crippen MR) is 66.3 cm³/mol. The van der Waals surface area contributed by atoms with Crippen LogP contribution in [-0.2, 0) is 22.6 Å². The molecular weight excluding hydrogens is 252 g/mol. The molecule has 0 amide bonds. The zero-order valence-corrected chi connectivity index (χ0v) is 11.3. The minimum absolute atomic E-state index is 0.198. The van der Waals surface area contributed by atoms with Crippen LogP contribution in [0.3, 0.4) is 0 Å².